The number of ether oxygens (including phenoxy) is 1. The first-order valence-corrected chi connectivity index (χ1v) is 7.91. The van der Waals surface area contributed by atoms with Gasteiger partial charge in [-0.1, -0.05) is 0 Å². The van der Waals surface area contributed by atoms with E-state index in [0.717, 1.165) is 38.6 Å². The topological polar surface area (TPSA) is 84.7 Å². The van der Waals surface area contributed by atoms with Gasteiger partial charge in [0.05, 0.1) is 17.9 Å². The zero-order chi connectivity index (χ0) is 15.3. The Labute approximate surface area is 126 Å². The molecule has 2 amide bonds. The monoisotopic (exact) mass is 297 g/mol. The number of methoxy groups -OCH3 is 1. The second-order valence-electron chi connectivity index (χ2n) is 6.18. The van der Waals surface area contributed by atoms with Crippen molar-refractivity contribution < 1.29 is 14.3 Å². The Morgan fingerprint density at radius 3 is 2.71 bits per heavy atom. The minimum absolute atomic E-state index is 0.0167. The van der Waals surface area contributed by atoms with Gasteiger partial charge < -0.3 is 20.7 Å². The number of amides is 2. The minimum atomic E-state index is -0.244. The third kappa shape index (κ3) is 3.95. The summed E-state index contributed by atoms with van der Waals surface area (Å²) < 4.78 is 5.52. The third-order valence-electron chi connectivity index (χ3n) is 4.76. The molecule has 6 heteroatoms. The van der Waals surface area contributed by atoms with Gasteiger partial charge in [-0.25, -0.2) is 0 Å². The molecule has 1 saturated carbocycles. The molecule has 1 atom stereocenters. The van der Waals surface area contributed by atoms with E-state index < -0.39 is 0 Å². The van der Waals surface area contributed by atoms with Gasteiger partial charge in [-0.2, -0.15) is 0 Å². The number of likely N-dealkylation sites (tertiary alicyclic amines) is 1. The lowest BCUT2D eigenvalue weighted by Crippen LogP contribution is -2.49. The summed E-state index contributed by atoms with van der Waals surface area (Å²) in [7, 11) is 1.69. The number of carbonyl (C=O) groups excluding carboxylic acids is 2. The zero-order valence-corrected chi connectivity index (χ0v) is 12.9. The molecule has 0 spiro atoms. The molecule has 0 aromatic heterocycles. The molecule has 3 N–H and O–H groups in total. The van der Waals surface area contributed by atoms with Crippen LogP contribution in [0.15, 0.2) is 0 Å². The highest BCUT2D eigenvalue weighted by Gasteiger charge is 2.40. The Morgan fingerprint density at radius 1 is 1.38 bits per heavy atom. The van der Waals surface area contributed by atoms with Crippen molar-refractivity contribution in [3.8, 4) is 0 Å². The SMILES string of the molecule is COC1(CC(=O)N2CCCC(C(=O)NCCN)C2)CCC1. The van der Waals surface area contributed by atoms with Crippen LogP contribution in [0.2, 0.25) is 0 Å². The molecule has 1 aliphatic heterocycles. The summed E-state index contributed by atoms with van der Waals surface area (Å²) in [4.78, 5) is 26.3. The molecule has 2 rings (SSSR count). The summed E-state index contributed by atoms with van der Waals surface area (Å²) >= 11 is 0. The summed E-state index contributed by atoms with van der Waals surface area (Å²) in [6.07, 6.45) is 5.22. The Hall–Kier alpha value is -1.14. The highest BCUT2D eigenvalue weighted by Crippen LogP contribution is 2.38. The van der Waals surface area contributed by atoms with Crippen LogP contribution in [0.25, 0.3) is 0 Å². The van der Waals surface area contributed by atoms with Crippen molar-refractivity contribution in [1.82, 2.24) is 10.2 Å². The van der Waals surface area contributed by atoms with Crippen LogP contribution in [-0.2, 0) is 14.3 Å². The Kier molecular flexibility index (Phi) is 5.58. The predicted molar refractivity (Wildman–Crippen MR) is 79.6 cm³/mol. The molecule has 1 heterocycles. The maximum Gasteiger partial charge on any atom is 0.225 e. The van der Waals surface area contributed by atoms with E-state index in [-0.39, 0.29) is 23.3 Å². The highest BCUT2D eigenvalue weighted by atomic mass is 16.5. The van der Waals surface area contributed by atoms with Gasteiger partial charge >= 0.3 is 0 Å². The molecular formula is C15H27N3O3. The first-order chi connectivity index (χ1) is 10.1. The smallest absolute Gasteiger partial charge is 0.225 e. The Balaban J connectivity index is 1.85. The lowest BCUT2D eigenvalue weighted by molar-refractivity contribution is -0.146. The van der Waals surface area contributed by atoms with Crippen LogP contribution in [0.1, 0.15) is 38.5 Å². The van der Waals surface area contributed by atoms with Crippen molar-refractivity contribution in [3.05, 3.63) is 0 Å². The predicted octanol–water partition coefficient (Wildman–Crippen LogP) is 0.259. The van der Waals surface area contributed by atoms with E-state index in [1.807, 2.05) is 4.90 Å². The maximum atomic E-state index is 12.4. The van der Waals surface area contributed by atoms with Gasteiger partial charge in [-0.3, -0.25) is 9.59 Å². The van der Waals surface area contributed by atoms with Crippen molar-refractivity contribution in [2.75, 3.05) is 33.3 Å². The van der Waals surface area contributed by atoms with Crippen molar-refractivity contribution in [1.29, 1.82) is 0 Å². The van der Waals surface area contributed by atoms with Gasteiger partial charge in [-0.05, 0) is 32.1 Å². The van der Waals surface area contributed by atoms with E-state index in [9.17, 15) is 9.59 Å². The molecule has 0 radical (unpaired) electrons. The van der Waals surface area contributed by atoms with Crippen LogP contribution in [-0.4, -0.2) is 55.6 Å². The summed E-state index contributed by atoms with van der Waals surface area (Å²) in [6.45, 7) is 2.21. The van der Waals surface area contributed by atoms with Crippen LogP contribution in [0, 0.1) is 5.92 Å². The number of carbonyl (C=O) groups is 2. The maximum absolute atomic E-state index is 12.4. The van der Waals surface area contributed by atoms with Crippen molar-refractivity contribution in [3.63, 3.8) is 0 Å². The fourth-order valence-corrected chi connectivity index (χ4v) is 3.17. The van der Waals surface area contributed by atoms with Gasteiger partial charge in [0.15, 0.2) is 0 Å². The summed E-state index contributed by atoms with van der Waals surface area (Å²) in [5.74, 6) is 0.0325. The van der Waals surface area contributed by atoms with E-state index in [1.54, 1.807) is 7.11 Å². The van der Waals surface area contributed by atoms with E-state index in [1.165, 1.54) is 0 Å². The number of hydrogen-bond acceptors (Lipinski definition) is 4. The fraction of sp³-hybridized carbons (Fsp3) is 0.867. The lowest BCUT2D eigenvalue weighted by atomic mass is 9.77. The van der Waals surface area contributed by atoms with Crippen LogP contribution in [0.3, 0.4) is 0 Å². The summed E-state index contributed by atoms with van der Waals surface area (Å²) in [5, 5.41) is 2.82. The van der Waals surface area contributed by atoms with Crippen molar-refractivity contribution >= 4 is 11.8 Å². The largest absolute Gasteiger partial charge is 0.378 e. The molecule has 2 aliphatic rings. The van der Waals surface area contributed by atoms with Crippen LogP contribution in [0.4, 0.5) is 0 Å². The molecule has 120 valence electrons. The molecule has 6 nitrogen and oxygen atoms in total. The summed E-state index contributed by atoms with van der Waals surface area (Å²) in [5.41, 5.74) is 5.15. The van der Waals surface area contributed by atoms with Crippen LogP contribution in [0.5, 0.6) is 0 Å². The van der Waals surface area contributed by atoms with E-state index in [4.69, 9.17) is 10.5 Å². The number of nitrogens with zero attached hydrogens (tertiary/aromatic N) is 1. The van der Waals surface area contributed by atoms with Crippen LogP contribution >= 0.6 is 0 Å². The number of piperidine rings is 1. The number of nitrogens with two attached hydrogens (primary N) is 1. The fourth-order valence-electron chi connectivity index (χ4n) is 3.17. The zero-order valence-electron chi connectivity index (χ0n) is 12.9. The Bertz CT molecular complexity index is 377. The molecule has 0 bridgehead atoms. The van der Waals surface area contributed by atoms with Crippen molar-refractivity contribution in [2.24, 2.45) is 11.7 Å². The molecule has 1 aliphatic carbocycles. The van der Waals surface area contributed by atoms with E-state index in [2.05, 4.69) is 5.32 Å². The highest BCUT2D eigenvalue weighted by molar-refractivity contribution is 5.81. The first-order valence-electron chi connectivity index (χ1n) is 7.91. The number of rotatable bonds is 6. The average molecular weight is 297 g/mol. The van der Waals surface area contributed by atoms with Crippen LogP contribution < -0.4 is 11.1 Å². The van der Waals surface area contributed by atoms with Gasteiger partial charge in [0, 0.05) is 33.3 Å². The van der Waals surface area contributed by atoms with Gasteiger partial charge in [0.25, 0.3) is 0 Å². The number of hydrogen-bond donors (Lipinski definition) is 2. The Morgan fingerprint density at radius 2 is 2.14 bits per heavy atom. The third-order valence-corrected chi connectivity index (χ3v) is 4.76. The second-order valence-corrected chi connectivity index (χ2v) is 6.18. The van der Waals surface area contributed by atoms with Gasteiger partial charge in [0.2, 0.25) is 11.8 Å². The summed E-state index contributed by atoms with van der Waals surface area (Å²) in [6, 6.07) is 0. The standard InChI is InChI=1S/C15H27N3O3/c1-21-15(5-3-6-15)10-13(19)18-9-2-4-12(11-18)14(20)17-8-7-16/h12H,2-11,16H2,1H3,(H,17,20). The molecule has 1 saturated heterocycles. The average Bonchev–Trinajstić information content (AvgIpc) is 2.48. The normalized spacial score (nSPS) is 24.3. The minimum Gasteiger partial charge on any atom is -0.378 e. The molecule has 21 heavy (non-hydrogen) atoms. The van der Waals surface area contributed by atoms with Gasteiger partial charge in [-0.15, -0.1) is 0 Å². The molecular weight excluding hydrogens is 270 g/mol. The first kappa shape index (κ1) is 16.2. The molecule has 0 aromatic rings. The quantitative estimate of drug-likeness (QED) is 0.736. The second kappa shape index (κ2) is 7.22. The molecule has 2 fully saturated rings. The van der Waals surface area contributed by atoms with E-state index >= 15 is 0 Å². The molecule has 0 aromatic carbocycles. The van der Waals surface area contributed by atoms with Crippen molar-refractivity contribution in [2.45, 2.75) is 44.1 Å². The molecule has 1 unspecified atom stereocenters. The lowest BCUT2D eigenvalue weighted by Gasteiger charge is -2.42. The van der Waals surface area contributed by atoms with E-state index in [0.29, 0.717) is 26.1 Å². The van der Waals surface area contributed by atoms with Gasteiger partial charge in [0.1, 0.15) is 0 Å². The number of nitrogens with one attached hydrogen (secondary N) is 1.